The predicted molar refractivity (Wildman–Crippen MR) is 115 cm³/mol. The smallest absolute Gasteiger partial charge is 0.248 e. The van der Waals surface area contributed by atoms with E-state index in [4.69, 9.17) is 24.7 Å². The molecule has 3 N–H and O–H groups in total. The Morgan fingerprint density at radius 3 is 2.27 bits per heavy atom. The average molecular weight is 428 g/mol. The highest BCUT2D eigenvalue weighted by Crippen LogP contribution is 2.40. The van der Waals surface area contributed by atoms with Crippen molar-refractivity contribution in [2.45, 2.75) is 0 Å². The summed E-state index contributed by atoms with van der Waals surface area (Å²) < 4.78 is 23.9. The van der Waals surface area contributed by atoms with Crippen molar-refractivity contribution in [3.63, 3.8) is 0 Å². The molecule has 0 aliphatic heterocycles. The van der Waals surface area contributed by atoms with Gasteiger partial charge in [0.2, 0.25) is 22.8 Å². The standard InChI is InChI=1S/C19H20N6O4S/c1-26-11-6-5-7-14-15(11)22-19(30-14)25-17(20)23-18(24-25)21-10-8-12(27-2)16(29-4)13(9-10)28-3/h5-9H,1-4H3,(H3,20,21,23,24). The number of para-hydroxylation sites is 1. The number of benzene rings is 2. The van der Waals surface area contributed by atoms with Gasteiger partial charge in [-0.3, -0.25) is 0 Å². The summed E-state index contributed by atoms with van der Waals surface area (Å²) in [7, 11) is 6.25. The molecule has 0 aliphatic rings. The van der Waals surface area contributed by atoms with Crippen molar-refractivity contribution < 1.29 is 18.9 Å². The van der Waals surface area contributed by atoms with E-state index in [0.717, 1.165) is 10.2 Å². The molecule has 0 bridgehead atoms. The van der Waals surface area contributed by atoms with Crippen molar-refractivity contribution in [3.8, 4) is 28.1 Å². The molecule has 0 saturated carbocycles. The van der Waals surface area contributed by atoms with Crippen LogP contribution in [0.5, 0.6) is 23.0 Å². The number of fused-ring (bicyclic) bond motifs is 1. The Hall–Kier alpha value is -3.73. The predicted octanol–water partition coefficient (Wildman–Crippen LogP) is 3.24. The maximum Gasteiger partial charge on any atom is 0.248 e. The number of hydrogen-bond acceptors (Lipinski definition) is 10. The number of methoxy groups -OCH3 is 4. The van der Waals surface area contributed by atoms with Crippen LogP contribution in [0.3, 0.4) is 0 Å². The molecule has 2 aromatic heterocycles. The molecule has 4 rings (SSSR count). The molecule has 0 unspecified atom stereocenters. The van der Waals surface area contributed by atoms with Crippen molar-refractivity contribution >= 4 is 39.1 Å². The van der Waals surface area contributed by atoms with Crippen molar-refractivity contribution in [1.29, 1.82) is 0 Å². The molecule has 2 heterocycles. The van der Waals surface area contributed by atoms with Gasteiger partial charge in [-0.2, -0.15) is 9.67 Å². The molecule has 30 heavy (non-hydrogen) atoms. The Kier molecular flexibility index (Phi) is 5.19. The largest absolute Gasteiger partial charge is 0.494 e. The lowest BCUT2D eigenvalue weighted by atomic mass is 10.2. The lowest BCUT2D eigenvalue weighted by Crippen LogP contribution is -2.02. The second-order valence-electron chi connectivity index (χ2n) is 6.05. The lowest BCUT2D eigenvalue weighted by molar-refractivity contribution is 0.324. The average Bonchev–Trinajstić information content (AvgIpc) is 3.35. The Balaban J connectivity index is 1.69. The second-order valence-corrected chi connectivity index (χ2v) is 7.06. The molecular weight excluding hydrogens is 408 g/mol. The number of nitrogens with zero attached hydrogens (tertiary/aromatic N) is 4. The monoisotopic (exact) mass is 428 g/mol. The van der Waals surface area contributed by atoms with Crippen LogP contribution in [-0.2, 0) is 0 Å². The van der Waals surface area contributed by atoms with Gasteiger partial charge in [-0.05, 0) is 12.1 Å². The lowest BCUT2D eigenvalue weighted by Gasteiger charge is -2.14. The Labute approximate surface area is 176 Å². The van der Waals surface area contributed by atoms with E-state index in [2.05, 4.69) is 20.4 Å². The number of ether oxygens (including phenoxy) is 4. The molecule has 11 heteroatoms. The quantitative estimate of drug-likeness (QED) is 0.457. The van der Waals surface area contributed by atoms with Gasteiger partial charge in [-0.25, -0.2) is 4.98 Å². The first-order valence-corrected chi connectivity index (χ1v) is 9.63. The highest BCUT2D eigenvalue weighted by Gasteiger charge is 2.17. The maximum absolute atomic E-state index is 6.09. The van der Waals surface area contributed by atoms with Gasteiger partial charge in [0.1, 0.15) is 11.3 Å². The summed E-state index contributed by atoms with van der Waals surface area (Å²) in [6, 6.07) is 9.22. The van der Waals surface area contributed by atoms with Crippen molar-refractivity contribution in [3.05, 3.63) is 30.3 Å². The first-order chi connectivity index (χ1) is 14.6. The van der Waals surface area contributed by atoms with E-state index in [1.165, 1.54) is 16.0 Å². The molecule has 10 nitrogen and oxygen atoms in total. The first-order valence-electron chi connectivity index (χ1n) is 8.81. The van der Waals surface area contributed by atoms with E-state index in [1.807, 2.05) is 18.2 Å². The van der Waals surface area contributed by atoms with Crippen LogP contribution in [0.2, 0.25) is 0 Å². The third kappa shape index (κ3) is 3.39. The van der Waals surface area contributed by atoms with Crippen LogP contribution in [0.1, 0.15) is 0 Å². The molecule has 0 atom stereocenters. The zero-order valence-electron chi connectivity index (χ0n) is 16.8. The fourth-order valence-electron chi connectivity index (χ4n) is 2.97. The van der Waals surface area contributed by atoms with Crippen LogP contribution in [-0.4, -0.2) is 48.2 Å². The van der Waals surface area contributed by atoms with E-state index in [-0.39, 0.29) is 5.95 Å². The van der Waals surface area contributed by atoms with Gasteiger partial charge in [-0.15, -0.1) is 5.10 Å². The van der Waals surface area contributed by atoms with Crippen molar-refractivity contribution in [2.24, 2.45) is 0 Å². The third-order valence-corrected chi connectivity index (χ3v) is 5.32. The molecule has 0 fully saturated rings. The van der Waals surface area contributed by atoms with Crippen molar-refractivity contribution in [2.75, 3.05) is 39.5 Å². The van der Waals surface area contributed by atoms with Gasteiger partial charge in [0.05, 0.1) is 33.1 Å². The number of nitrogen functional groups attached to an aromatic ring is 1. The molecule has 4 aromatic rings. The maximum atomic E-state index is 6.09. The highest BCUT2D eigenvalue weighted by molar-refractivity contribution is 7.20. The van der Waals surface area contributed by atoms with E-state index < -0.39 is 0 Å². The minimum absolute atomic E-state index is 0.197. The summed E-state index contributed by atoms with van der Waals surface area (Å²) in [5.41, 5.74) is 7.48. The fraction of sp³-hybridized carbons (Fsp3) is 0.211. The minimum atomic E-state index is 0.197. The number of aromatic nitrogens is 4. The fourth-order valence-corrected chi connectivity index (χ4v) is 3.91. The normalized spacial score (nSPS) is 10.8. The number of nitrogens with two attached hydrogens (primary N) is 1. The Bertz CT molecular complexity index is 1180. The summed E-state index contributed by atoms with van der Waals surface area (Å²) in [4.78, 5) is 8.89. The van der Waals surface area contributed by atoms with Gasteiger partial charge >= 0.3 is 0 Å². The van der Waals surface area contributed by atoms with Crippen LogP contribution < -0.4 is 30.0 Å². The summed E-state index contributed by atoms with van der Waals surface area (Å²) in [5.74, 6) is 2.68. The molecule has 0 saturated heterocycles. The van der Waals surface area contributed by atoms with Crippen LogP contribution in [0.25, 0.3) is 15.3 Å². The van der Waals surface area contributed by atoms with Gasteiger partial charge in [0.15, 0.2) is 11.5 Å². The number of hydrogen-bond donors (Lipinski definition) is 2. The first kappa shape index (κ1) is 19.6. The van der Waals surface area contributed by atoms with E-state index in [9.17, 15) is 0 Å². The molecule has 2 aromatic carbocycles. The van der Waals surface area contributed by atoms with Crippen LogP contribution in [0.15, 0.2) is 30.3 Å². The minimum Gasteiger partial charge on any atom is -0.494 e. The molecule has 0 amide bonds. The van der Waals surface area contributed by atoms with Crippen LogP contribution in [0.4, 0.5) is 17.6 Å². The Morgan fingerprint density at radius 2 is 1.63 bits per heavy atom. The molecule has 156 valence electrons. The van der Waals surface area contributed by atoms with Crippen LogP contribution >= 0.6 is 11.3 Å². The molecule has 0 spiro atoms. The van der Waals surface area contributed by atoms with Gasteiger partial charge < -0.3 is 30.0 Å². The molecular formula is C19H20N6O4S. The topological polar surface area (TPSA) is 119 Å². The third-order valence-electron chi connectivity index (χ3n) is 4.32. The van der Waals surface area contributed by atoms with Crippen molar-refractivity contribution in [1.82, 2.24) is 19.7 Å². The molecule has 0 aliphatic carbocycles. The number of nitrogens with one attached hydrogen (secondary N) is 1. The highest BCUT2D eigenvalue weighted by atomic mass is 32.1. The van der Waals surface area contributed by atoms with Gasteiger partial charge in [0, 0.05) is 17.8 Å². The second kappa shape index (κ2) is 7.95. The number of rotatable bonds is 7. The summed E-state index contributed by atoms with van der Waals surface area (Å²) in [6.45, 7) is 0. The van der Waals surface area contributed by atoms with Gasteiger partial charge in [0.25, 0.3) is 0 Å². The summed E-state index contributed by atoms with van der Waals surface area (Å²) in [5, 5.41) is 8.13. The van der Waals surface area contributed by atoms with Gasteiger partial charge in [-0.1, -0.05) is 17.4 Å². The Morgan fingerprint density at radius 1 is 0.933 bits per heavy atom. The SMILES string of the molecule is COc1cc(Nc2nc(N)n(-c3nc4c(OC)cccc4s3)n2)cc(OC)c1OC. The summed E-state index contributed by atoms with van der Waals surface area (Å²) >= 11 is 1.44. The number of anilines is 3. The zero-order chi connectivity index (χ0) is 21.3. The van der Waals surface area contributed by atoms with E-state index >= 15 is 0 Å². The summed E-state index contributed by atoms with van der Waals surface area (Å²) in [6.07, 6.45) is 0. The van der Waals surface area contributed by atoms with Crippen LogP contribution in [0, 0.1) is 0 Å². The van der Waals surface area contributed by atoms with E-state index in [1.54, 1.807) is 40.6 Å². The molecule has 0 radical (unpaired) electrons. The zero-order valence-corrected chi connectivity index (χ0v) is 17.6. The number of thiazole rings is 1. The van der Waals surface area contributed by atoms with E-state index in [0.29, 0.717) is 39.8 Å².